The monoisotopic (exact) mass is 306 g/mol. The summed E-state index contributed by atoms with van der Waals surface area (Å²) in [6, 6.07) is 2.63. The Balaban J connectivity index is 2.07. The summed E-state index contributed by atoms with van der Waals surface area (Å²) in [6.45, 7) is 10.5. The summed E-state index contributed by atoms with van der Waals surface area (Å²) >= 11 is 1.73. The minimum atomic E-state index is 0.424. The van der Waals surface area contributed by atoms with Crippen LogP contribution in [-0.4, -0.2) is 27.4 Å². The minimum Gasteiger partial charge on any atom is -0.313 e. The zero-order chi connectivity index (χ0) is 15.2. The van der Waals surface area contributed by atoms with Gasteiger partial charge in [-0.05, 0) is 39.8 Å². The fourth-order valence-electron chi connectivity index (χ4n) is 2.61. The first kappa shape index (κ1) is 16.2. The van der Waals surface area contributed by atoms with E-state index in [1.165, 1.54) is 11.4 Å². The molecule has 4 nitrogen and oxygen atoms in total. The molecule has 0 fully saturated rings. The van der Waals surface area contributed by atoms with E-state index >= 15 is 0 Å². The van der Waals surface area contributed by atoms with E-state index in [4.69, 9.17) is 0 Å². The second-order valence-electron chi connectivity index (χ2n) is 5.51. The smallest absolute Gasteiger partial charge is 0.0897 e. The van der Waals surface area contributed by atoms with E-state index in [0.717, 1.165) is 43.1 Å². The van der Waals surface area contributed by atoms with Crippen LogP contribution < -0.4 is 5.32 Å². The van der Waals surface area contributed by atoms with Gasteiger partial charge in [-0.15, -0.1) is 11.3 Å². The van der Waals surface area contributed by atoms with E-state index in [9.17, 15) is 0 Å². The lowest BCUT2D eigenvalue weighted by atomic mass is 10.1. The lowest BCUT2D eigenvalue weighted by molar-refractivity contribution is 0.480. The molecule has 0 bridgehead atoms. The normalized spacial score (nSPS) is 12.8. The summed E-state index contributed by atoms with van der Waals surface area (Å²) < 4.78 is 2.11. The minimum absolute atomic E-state index is 0.424. The first-order chi connectivity index (χ1) is 10.1. The van der Waals surface area contributed by atoms with E-state index in [2.05, 4.69) is 59.2 Å². The molecule has 0 aromatic carbocycles. The predicted molar refractivity (Wildman–Crippen MR) is 89.0 cm³/mol. The number of nitrogens with zero attached hydrogens (tertiary/aromatic N) is 3. The van der Waals surface area contributed by atoms with Crippen molar-refractivity contribution in [3.63, 3.8) is 0 Å². The van der Waals surface area contributed by atoms with Gasteiger partial charge in [0, 0.05) is 36.5 Å². The summed E-state index contributed by atoms with van der Waals surface area (Å²) in [6.07, 6.45) is 3.14. The highest BCUT2D eigenvalue weighted by molar-refractivity contribution is 7.09. The van der Waals surface area contributed by atoms with Crippen LogP contribution in [0.4, 0.5) is 0 Å². The molecule has 0 saturated heterocycles. The molecular formula is C16H26N4S. The number of hydrogen-bond acceptors (Lipinski definition) is 4. The molecule has 2 aromatic rings. The average molecular weight is 306 g/mol. The third kappa shape index (κ3) is 4.64. The topological polar surface area (TPSA) is 42.7 Å². The van der Waals surface area contributed by atoms with Crippen molar-refractivity contribution in [1.82, 2.24) is 20.1 Å². The first-order valence-corrected chi connectivity index (χ1v) is 8.68. The van der Waals surface area contributed by atoms with Gasteiger partial charge in [-0.25, -0.2) is 4.98 Å². The van der Waals surface area contributed by atoms with Crippen LogP contribution in [0.3, 0.4) is 0 Å². The van der Waals surface area contributed by atoms with Crippen molar-refractivity contribution in [3.8, 4) is 0 Å². The van der Waals surface area contributed by atoms with E-state index in [1.807, 2.05) is 0 Å². The molecule has 1 atom stereocenters. The number of thiazole rings is 1. The molecule has 0 radical (unpaired) electrons. The van der Waals surface area contributed by atoms with E-state index in [0.29, 0.717) is 6.04 Å². The Hall–Kier alpha value is -1.20. The van der Waals surface area contributed by atoms with Gasteiger partial charge in [0.15, 0.2) is 0 Å². The second-order valence-corrected chi connectivity index (χ2v) is 6.57. The number of hydrogen-bond donors (Lipinski definition) is 1. The molecule has 0 amide bonds. The third-order valence-electron chi connectivity index (χ3n) is 3.55. The van der Waals surface area contributed by atoms with Gasteiger partial charge in [-0.1, -0.05) is 6.92 Å². The molecular weight excluding hydrogens is 280 g/mol. The number of aromatic nitrogens is 3. The fraction of sp³-hybridized carbons (Fsp3) is 0.625. The first-order valence-electron chi connectivity index (χ1n) is 7.80. The van der Waals surface area contributed by atoms with Gasteiger partial charge in [0.1, 0.15) is 0 Å². The van der Waals surface area contributed by atoms with Crippen molar-refractivity contribution in [2.75, 3.05) is 6.54 Å². The van der Waals surface area contributed by atoms with Crippen LogP contribution in [0.2, 0.25) is 0 Å². The maximum absolute atomic E-state index is 4.60. The Morgan fingerprint density at radius 3 is 2.71 bits per heavy atom. The van der Waals surface area contributed by atoms with Crippen LogP contribution in [0, 0.1) is 13.8 Å². The van der Waals surface area contributed by atoms with E-state index in [1.54, 1.807) is 11.3 Å². The molecule has 0 spiro atoms. The summed E-state index contributed by atoms with van der Waals surface area (Å²) in [5.74, 6) is 0. The van der Waals surface area contributed by atoms with Crippen molar-refractivity contribution in [1.29, 1.82) is 0 Å². The lowest BCUT2D eigenvalue weighted by Gasteiger charge is -2.18. The molecule has 5 heteroatoms. The summed E-state index contributed by atoms with van der Waals surface area (Å²) in [7, 11) is 0. The van der Waals surface area contributed by atoms with Gasteiger partial charge in [0.25, 0.3) is 0 Å². The summed E-state index contributed by atoms with van der Waals surface area (Å²) in [4.78, 5) is 4.60. The molecule has 1 N–H and O–H groups in total. The molecule has 0 aliphatic rings. The van der Waals surface area contributed by atoms with Gasteiger partial charge in [-0.3, -0.25) is 4.68 Å². The lowest BCUT2D eigenvalue weighted by Crippen LogP contribution is -2.34. The molecule has 2 heterocycles. The highest BCUT2D eigenvalue weighted by Crippen LogP contribution is 2.13. The Labute approximate surface area is 131 Å². The number of aryl methyl sites for hydroxylation is 3. The highest BCUT2D eigenvalue weighted by atomic mass is 32.1. The molecule has 0 aliphatic heterocycles. The second kappa shape index (κ2) is 7.71. The zero-order valence-electron chi connectivity index (χ0n) is 13.5. The standard InChI is InChI=1S/C16H26N4S/c1-5-7-17-14(9-15-11-21-13(4)18-15)10-16-8-12(3)19-20(16)6-2/h8,11,14,17H,5-7,9-10H2,1-4H3. The highest BCUT2D eigenvalue weighted by Gasteiger charge is 2.15. The summed E-state index contributed by atoms with van der Waals surface area (Å²) in [5, 5.41) is 11.5. The number of rotatable bonds is 8. The third-order valence-corrected chi connectivity index (χ3v) is 4.37. The Morgan fingerprint density at radius 1 is 1.29 bits per heavy atom. The predicted octanol–water partition coefficient (Wildman–Crippen LogP) is 3.13. The maximum atomic E-state index is 4.60. The SMILES string of the molecule is CCCNC(Cc1csc(C)n1)Cc1cc(C)nn1CC. The largest absolute Gasteiger partial charge is 0.313 e. The summed E-state index contributed by atoms with van der Waals surface area (Å²) in [5.41, 5.74) is 3.62. The quantitative estimate of drug-likeness (QED) is 0.815. The molecule has 2 aromatic heterocycles. The number of nitrogens with one attached hydrogen (secondary N) is 1. The Bertz CT molecular complexity index is 558. The van der Waals surface area contributed by atoms with E-state index in [-0.39, 0.29) is 0 Å². The fourth-order valence-corrected chi connectivity index (χ4v) is 3.23. The van der Waals surface area contributed by atoms with Crippen LogP contribution in [-0.2, 0) is 19.4 Å². The van der Waals surface area contributed by atoms with Gasteiger partial charge >= 0.3 is 0 Å². The molecule has 0 saturated carbocycles. The maximum Gasteiger partial charge on any atom is 0.0897 e. The van der Waals surface area contributed by atoms with Crippen LogP contribution >= 0.6 is 11.3 Å². The Morgan fingerprint density at radius 2 is 2.10 bits per heavy atom. The van der Waals surface area contributed by atoms with Crippen molar-refractivity contribution >= 4 is 11.3 Å². The van der Waals surface area contributed by atoms with E-state index < -0.39 is 0 Å². The van der Waals surface area contributed by atoms with Crippen molar-refractivity contribution in [3.05, 3.63) is 33.5 Å². The van der Waals surface area contributed by atoms with Crippen molar-refractivity contribution in [2.45, 2.75) is 59.5 Å². The van der Waals surface area contributed by atoms with Crippen LogP contribution in [0.25, 0.3) is 0 Å². The molecule has 1 unspecified atom stereocenters. The van der Waals surface area contributed by atoms with Gasteiger partial charge < -0.3 is 5.32 Å². The molecule has 116 valence electrons. The van der Waals surface area contributed by atoms with Crippen LogP contribution in [0.15, 0.2) is 11.4 Å². The molecule has 21 heavy (non-hydrogen) atoms. The molecule has 2 rings (SSSR count). The van der Waals surface area contributed by atoms with Gasteiger partial charge in [0.2, 0.25) is 0 Å². The van der Waals surface area contributed by atoms with Gasteiger partial charge in [0.05, 0.1) is 16.4 Å². The van der Waals surface area contributed by atoms with Crippen LogP contribution in [0.1, 0.15) is 42.4 Å². The van der Waals surface area contributed by atoms with Crippen LogP contribution in [0.5, 0.6) is 0 Å². The zero-order valence-corrected chi connectivity index (χ0v) is 14.3. The van der Waals surface area contributed by atoms with Gasteiger partial charge in [-0.2, -0.15) is 5.10 Å². The Kier molecular flexibility index (Phi) is 5.94. The van der Waals surface area contributed by atoms with Crippen molar-refractivity contribution in [2.24, 2.45) is 0 Å². The van der Waals surface area contributed by atoms with Crippen molar-refractivity contribution < 1.29 is 0 Å². The average Bonchev–Trinajstić information content (AvgIpc) is 3.01. The molecule has 0 aliphatic carbocycles.